The minimum atomic E-state index is -3.32. The number of amides is 3. The first-order valence-electron chi connectivity index (χ1n) is 9.71. The van der Waals surface area contributed by atoms with Crippen molar-refractivity contribution in [2.24, 2.45) is 5.92 Å². The van der Waals surface area contributed by atoms with Gasteiger partial charge in [-0.3, -0.25) is 4.79 Å². The number of benzene rings is 2. The van der Waals surface area contributed by atoms with Gasteiger partial charge in [-0.25, -0.2) is 17.9 Å². The summed E-state index contributed by atoms with van der Waals surface area (Å²) in [6.07, 6.45) is 1.86. The molecular formula is C21H26N4O4S. The minimum Gasteiger partial charge on any atom is -0.334 e. The molecule has 160 valence electrons. The molecule has 0 saturated heterocycles. The Morgan fingerprint density at radius 1 is 1.00 bits per heavy atom. The highest BCUT2D eigenvalue weighted by molar-refractivity contribution is 7.88. The maximum atomic E-state index is 12.3. The minimum absolute atomic E-state index is 0.0141. The van der Waals surface area contributed by atoms with Crippen molar-refractivity contribution in [1.29, 1.82) is 0 Å². The van der Waals surface area contributed by atoms with Crippen LogP contribution in [-0.2, 0) is 27.1 Å². The number of urea groups is 1. The molecule has 1 fully saturated rings. The quantitative estimate of drug-likeness (QED) is 0.515. The van der Waals surface area contributed by atoms with E-state index in [1.165, 1.54) is 7.05 Å². The Morgan fingerprint density at radius 2 is 1.67 bits per heavy atom. The average Bonchev–Trinajstić information content (AvgIpc) is 3.55. The van der Waals surface area contributed by atoms with Crippen LogP contribution in [0.3, 0.4) is 0 Å². The molecule has 2 aromatic rings. The molecule has 0 spiro atoms. The van der Waals surface area contributed by atoms with Gasteiger partial charge in [0.05, 0.1) is 5.75 Å². The van der Waals surface area contributed by atoms with Gasteiger partial charge < -0.3 is 16.0 Å². The van der Waals surface area contributed by atoms with Crippen LogP contribution >= 0.6 is 0 Å². The number of carbonyl (C=O) groups excluding carboxylic acids is 2. The third-order valence-corrected chi connectivity index (χ3v) is 6.18. The molecule has 0 aromatic heterocycles. The summed E-state index contributed by atoms with van der Waals surface area (Å²) in [6.45, 7) is 2.17. The van der Waals surface area contributed by atoms with Crippen molar-refractivity contribution in [2.45, 2.75) is 32.1 Å². The van der Waals surface area contributed by atoms with Gasteiger partial charge >= 0.3 is 6.03 Å². The molecule has 1 aliphatic rings. The topological polar surface area (TPSA) is 116 Å². The summed E-state index contributed by atoms with van der Waals surface area (Å²) in [7, 11) is -1.94. The first kappa shape index (κ1) is 21.8. The van der Waals surface area contributed by atoms with Crippen LogP contribution in [0.5, 0.6) is 0 Å². The summed E-state index contributed by atoms with van der Waals surface area (Å²) in [5, 5.41) is 8.44. The van der Waals surface area contributed by atoms with E-state index >= 15 is 0 Å². The number of nitrogens with one attached hydrogen (secondary N) is 4. The second-order valence-electron chi connectivity index (χ2n) is 7.38. The fraction of sp³-hybridized carbons (Fsp3) is 0.333. The summed E-state index contributed by atoms with van der Waals surface area (Å²) in [6, 6.07) is 12.0. The van der Waals surface area contributed by atoms with Gasteiger partial charge in [0.15, 0.2) is 0 Å². The van der Waals surface area contributed by atoms with Crippen LogP contribution < -0.4 is 20.7 Å². The number of carbonyl (C=O) groups is 2. The molecule has 8 nitrogen and oxygen atoms in total. The zero-order valence-corrected chi connectivity index (χ0v) is 17.8. The lowest BCUT2D eigenvalue weighted by Crippen LogP contribution is -2.28. The lowest BCUT2D eigenvalue weighted by molar-refractivity contribution is -0.117. The lowest BCUT2D eigenvalue weighted by Gasteiger charge is -2.12. The molecule has 1 saturated carbocycles. The summed E-state index contributed by atoms with van der Waals surface area (Å²) in [5.41, 5.74) is 3.66. The van der Waals surface area contributed by atoms with Crippen LogP contribution in [0.4, 0.5) is 16.2 Å². The monoisotopic (exact) mass is 430 g/mol. The molecule has 0 radical (unpaired) electrons. The predicted molar refractivity (Wildman–Crippen MR) is 117 cm³/mol. The molecule has 0 aliphatic heterocycles. The Hall–Kier alpha value is -2.91. The molecule has 3 amide bonds. The highest BCUT2D eigenvalue weighted by Gasteiger charge is 2.29. The molecular weight excluding hydrogens is 404 g/mol. The van der Waals surface area contributed by atoms with E-state index in [1.54, 1.807) is 30.3 Å². The van der Waals surface area contributed by atoms with Crippen molar-refractivity contribution in [3.63, 3.8) is 0 Å². The van der Waals surface area contributed by atoms with Crippen molar-refractivity contribution in [3.05, 3.63) is 59.2 Å². The third kappa shape index (κ3) is 6.30. The third-order valence-electron chi connectivity index (χ3n) is 4.85. The standard InChI is InChI=1S/C21H26N4O4S/c1-14-3-10-18(24-20(26)17-8-9-17)11-19(14)25-21(27)23-12-15-4-6-16(7-5-15)13-30(28,29)22-2/h3-7,10-11,17,22H,8-9,12-13H2,1-2H3,(H,24,26)(H2,23,25,27). The Labute approximate surface area is 176 Å². The predicted octanol–water partition coefficient (Wildman–Crippen LogP) is 2.71. The molecule has 9 heteroatoms. The van der Waals surface area contributed by atoms with E-state index in [0.717, 1.165) is 24.0 Å². The fourth-order valence-electron chi connectivity index (χ4n) is 2.82. The second-order valence-corrected chi connectivity index (χ2v) is 9.31. The first-order chi connectivity index (χ1) is 14.3. The summed E-state index contributed by atoms with van der Waals surface area (Å²) >= 11 is 0. The summed E-state index contributed by atoms with van der Waals surface area (Å²) in [5.74, 6) is 0.0286. The lowest BCUT2D eigenvalue weighted by atomic mass is 10.1. The number of rotatable bonds is 8. The van der Waals surface area contributed by atoms with E-state index in [2.05, 4.69) is 20.7 Å². The molecule has 1 aliphatic carbocycles. The van der Waals surface area contributed by atoms with Crippen LogP contribution in [0.15, 0.2) is 42.5 Å². The van der Waals surface area contributed by atoms with Crippen LogP contribution in [-0.4, -0.2) is 27.4 Å². The second kappa shape index (κ2) is 9.27. The van der Waals surface area contributed by atoms with Crippen molar-refractivity contribution < 1.29 is 18.0 Å². The first-order valence-corrected chi connectivity index (χ1v) is 11.4. The van der Waals surface area contributed by atoms with E-state index in [4.69, 9.17) is 0 Å². The number of aryl methyl sites for hydroxylation is 1. The largest absolute Gasteiger partial charge is 0.334 e. The van der Waals surface area contributed by atoms with Gasteiger partial charge in [0.25, 0.3) is 0 Å². The Kier molecular flexibility index (Phi) is 6.73. The van der Waals surface area contributed by atoms with Gasteiger partial charge in [-0.05, 0) is 55.6 Å². The molecule has 0 heterocycles. The Morgan fingerprint density at radius 3 is 2.30 bits per heavy atom. The molecule has 4 N–H and O–H groups in total. The average molecular weight is 431 g/mol. The van der Waals surface area contributed by atoms with Crippen LogP contribution in [0.2, 0.25) is 0 Å². The zero-order chi connectivity index (χ0) is 21.7. The fourth-order valence-corrected chi connectivity index (χ4v) is 3.59. The van der Waals surface area contributed by atoms with Gasteiger partial charge in [-0.1, -0.05) is 30.3 Å². The molecule has 2 aromatic carbocycles. The maximum absolute atomic E-state index is 12.3. The molecule has 0 bridgehead atoms. The molecule has 30 heavy (non-hydrogen) atoms. The summed E-state index contributed by atoms with van der Waals surface area (Å²) in [4.78, 5) is 24.2. The van der Waals surface area contributed by atoms with E-state index < -0.39 is 10.0 Å². The Bertz CT molecular complexity index is 1030. The number of sulfonamides is 1. The smallest absolute Gasteiger partial charge is 0.319 e. The van der Waals surface area contributed by atoms with Gasteiger partial charge in [-0.15, -0.1) is 0 Å². The van der Waals surface area contributed by atoms with Crippen LogP contribution in [0, 0.1) is 12.8 Å². The van der Waals surface area contributed by atoms with E-state index in [9.17, 15) is 18.0 Å². The van der Waals surface area contributed by atoms with E-state index in [0.29, 0.717) is 23.5 Å². The van der Waals surface area contributed by atoms with Gasteiger partial charge in [0, 0.05) is 23.8 Å². The Balaban J connectivity index is 1.53. The van der Waals surface area contributed by atoms with Crippen molar-refractivity contribution >= 4 is 33.3 Å². The molecule has 3 rings (SSSR count). The van der Waals surface area contributed by atoms with Gasteiger partial charge in [0.2, 0.25) is 15.9 Å². The number of anilines is 2. The van der Waals surface area contributed by atoms with E-state index in [-0.39, 0.29) is 23.6 Å². The van der Waals surface area contributed by atoms with Crippen molar-refractivity contribution in [1.82, 2.24) is 10.0 Å². The highest BCUT2D eigenvalue weighted by Crippen LogP contribution is 2.30. The van der Waals surface area contributed by atoms with E-state index in [1.807, 2.05) is 19.1 Å². The van der Waals surface area contributed by atoms with Crippen LogP contribution in [0.25, 0.3) is 0 Å². The highest BCUT2D eigenvalue weighted by atomic mass is 32.2. The normalized spacial score (nSPS) is 13.5. The SMILES string of the molecule is CNS(=O)(=O)Cc1ccc(CNC(=O)Nc2cc(NC(=O)C3CC3)ccc2C)cc1. The molecule has 0 atom stereocenters. The zero-order valence-electron chi connectivity index (χ0n) is 17.0. The van der Waals surface area contributed by atoms with Crippen LogP contribution in [0.1, 0.15) is 29.5 Å². The molecule has 0 unspecified atom stereocenters. The summed E-state index contributed by atoms with van der Waals surface area (Å²) < 4.78 is 25.5. The van der Waals surface area contributed by atoms with Gasteiger partial charge in [0.1, 0.15) is 0 Å². The number of hydrogen-bond donors (Lipinski definition) is 4. The van der Waals surface area contributed by atoms with Gasteiger partial charge in [-0.2, -0.15) is 0 Å². The number of hydrogen-bond acceptors (Lipinski definition) is 4. The van der Waals surface area contributed by atoms with Crippen molar-refractivity contribution in [3.8, 4) is 0 Å². The van der Waals surface area contributed by atoms with Crippen molar-refractivity contribution in [2.75, 3.05) is 17.7 Å². The maximum Gasteiger partial charge on any atom is 0.319 e.